The molecule has 2 aromatic rings. The van der Waals surface area contributed by atoms with Crippen LogP contribution in [-0.2, 0) is 29.2 Å². The summed E-state index contributed by atoms with van der Waals surface area (Å²) in [5.41, 5.74) is 2.34. The van der Waals surface area contributed by atoms with E-state index in [0.29, 0.717) is 26.4 Å². The third-order valence-electron chi connectivity index (χ3n) is 3.75. The zero-order valence-corrected chi connectivity index (χ0v) is 18.4. The molecule has 0 aliphatic rings. The molecule has 150 valence electrons. The van der Waals surface area contributed by atoms with E-state index in [1.165, 1.54) is 11.1 Å². The van der Waals surface area contributed by atoms with E-state index in [1.54, 1.807) is 13.4 Å². The lowest BCUT2D eigenvalue weighted by Gasteiger charge is -2.12. The van der Waals surface area contributed by atoms with Crippen LogP contribution in [0.4, 0.5) is 0 Å². The van der Waals surface area contributed by atoms with Gasteiger partial charge in [-0.3, -0.25) is 0 Å². The number of nitrogens with zero attached hydrogens (tertiary/aromatic N) is 1. The molecule has 0 bridgehead atoms. The monoisotopic (exact) mass is 487 g/mol. The molecule has 6 nitrogen and oxygen atoms in total. The van der Waals surface area contributed by atoms with Crippen LogP contribution in [0.2, 0.25) is 0 Å². The fourth-order valence-corrected chi connectivity index (χ4v) is 2.46. The molecule has 1 aromatic carbocycles. The van der Waals surface area contributed by atoms with Crippen LogP contribution in [0.15, 0.2) is 52.1 Å². The molecule has 0 radical (unpaired) electrons. The molecule has 0 aliphatic heterocycles. The van der Waals surface area contributed by atoms with E-state index in [9.17, 15) is 0 Å². The molecule has 2 rings (SSSR count). The number of rotatable bonds is 11. The SMILES string of the molecule is CCNC(=NCc1ccccc1COC)NCCCOCc1ccco1.I. The molecule has 1 aromatic heterocycles. The van der Waals surface area contributed by atoms with Gasteiger partial charge in [0.1, 0.15) is 12.4 Å². The number of ether oxygens (including phenoxy) is 2. The maximum absolute atomic E-state index is 5.58. The number of guanidine groups is 1. The van der Waals surface area contributed by atoms with Gasteiger partial charge in [-0.05, 0) is 36.6 Å². The molecule has 1 heterocycles. The molecule has 7 heteroatoms. The summed E-state index contributed by atoms with van der Waals surface area (Å²) in [7, 11) is 1.71. The predicted molar refractivity (Wildman–Crippen MR) is 118 cm³/mol. The molecule has 27 heavy (non-hydrogen) atoms. The van der Waals surface area contributed by atoms with Crippen LogP contribution in [0.5, 0.6) is 0 Å². The standard InChI is InChI=1S/C20H29N3O3.HI/c1-3-21-20(22-11-7-12-25-16-19-10-6-13-26-19)23-14-17-8-4-5-9-18(17)15-24-2;/h4-6,8-10,13H,3,7,11-12,14-16H2,1-2H3,(H2,21,22,23);1H. The van der Waals surface area contributed by atoms with Crippen molar-refractivity contribution in [2.45, 2.75) is 33.1 Å². The van der Waals surface area contributed by atoms with Crippen molar-refractivity contribution in [2.24, 2.45) is 4.99 Å². The third kappa shape index (κ3) is 9.25. The Balaban J connectivity index is 0.00000364. The minimum Gasteiger partial charge on any atom is -0.467 e. The maximum Gasteiger partial charge on any atom is 0.191 e. The van der Waals surface area contributed by atoms with Crippen molar-refractivity contribution in [3.05, 3.63) is 59.5 Å². The highest BCUT2D eigenvalue weighted by atomic mass is 127. The van der Waals surface area contributed by atoms with Crippen molar-refractivity contribution in [1.29, 1.82) is 0 Å². The van der Waals surface area contributed by atoms with E-state index < -0.39 is 0 Å². The van der Waals surface area contributed by atoms with Crippen LogP contribution >= 0.6 is 24.0 Å². The first kappa shape index (κ1) is 23.5. The average molecular weight is 487 g/mol. The van der Waals surface area contributed by atoms with E-state index >= 15 is 0 Å². The number of hydrogen-bond acceptors (Lipinski definition) is 4. The summed E-state index contributed by atoms with van der Waals surface area (Å²) in [6.45, 7) is 6.07. The molecule has 0 aliphatic carbocycles. The molecule has 2 N–H and O–H groups in total. The number of nitrogens with one attached hydrogen (secondary N) is 2. The van der Waals surface area contributed by atoms with Gasteiger partial charge in [-0.2, -0.15) is 0 Å². The topological polar surface area (TPSA) is 68.0 Å². The number of furan rings is 1. The summed E-state index contributed by atoms with van der Waals surface area (Å²) in [5, 5.41) is 6.61. The van der Waals surface area contributed by atoms with Crippen LogP contribution in [0.3, 0.4) is 0 Å². The number of benzene rings is 1. The van der Waals surface area contributed by atoms with Crippen molar-refractivity contribution < 1.29 is 13.9 Å². The lowest BCUT2D eigenvalue weighted by Crippen LogP contribution is -2.38. The van der Waals surface area contributed by atoms with Crippen LogP contribution < -0.4 is 10.6 Å². The summed E-state index contributed by atoms with van der Waals surface area (Å²) in [5.74, 6) is 1.66. The molecular formula is C20H30IN3O3. The van der Waals surface area contributed by atoms with Gasteiger partial charge in [0.15, 0.2) is 5.96 Å². The minimum atomic E-state index is 0. The average Bonchev–Trinajstić information content (AvgIpc) is 3.17. The van der Waals surface area contributed by atoms with Crippen LogP contribution in [0.25, 0.3) is 0 Å². The smallest absolute Gasteiger partial charge is 0.191 e. The van der Waals surface area contributed by atoms with Gasteiger partial charge in [0.2, 0.25) is 0 Å². The molecule has 0 amide bonds. The number of hydrogen-bond donors (Lipinski definition) is 2. The predicted octanol–water partition coefficient (Wildman–Crippen LogP) is 3.71. The second kappa shape index (κ2) is 14.5. The molecule has 0 fully saturated rings. The van der Waals surface area contributed by atoms with Crippen LogP contribution in [0.1, 0.15) is 30.2 Å². The van der Waals surface area contributed by atoms with Crippen molar-refractivity contribution in [2.75, 3.05) is 26.8 Å². The number of aliphatic imine (C=N–C) groups is 1. The van der Waals surface area contributed by atoms with Crippen LogP contribution in [0, 0.1) is 0 Å². The third-order valence-corrected chi connectivity index (χ3v) is 3.75. The van der Waals surface area contributed by atoms with Gasteiger partial charge in [-0.15, -0.1) is 24.0 Å². The van der Waals surface area contributed by atoms with E-state index in [2.05, 4.69) is 34.7 Å². The Morgan fingerprint density at radius 1 is 1.07 bits per heavy atom. The Labute approximate surface area is 178 Å². The molecule has 0 atom stereocenters. The van der Waals surface area contributed by atoms with Gasteiger partial charge in [0.25, 0.3) is 0 Å². The highest BCUT2D eigenvalue weighted by Gasteiger charge is 2.02. The summed E-state index contributed by atoms with van der Waals surface area (Å²) in [6.07, 6.45) is 2.55. The first-order chi connectivity index (χ1) is 12.8. The van der Waals surface area contributed by atoms with Gasteiger partial charge in [-0.25, -0.2) is 4.99 Å². The molecule has 0 saturated heterocycles. The van der Waals surface area contributed by atoms with Crippen LogP contribution in [-0.4, -0.2) is 32.8 Å². The van der Waals surface area contributed by atoms with Crippen molar-refractivity contribution in [3.8, 4) is 0 Å². The minimum absolute atomic E-state index is 0. The maximum atomic E-state index is 5.58. The van der Waals surface area contributed by atoms with E-state index in [-0.39, 0.29) is 24.0 Å². The first-order valence-corrected chi connectivity index (χ1v) is 9.01. The zero-order valence-electron chi connectivity index (χ0n) is 16.1. The second-order valence-corrected chi connectivity index (χ2v) is 5.81. The summed E-state index contributed by atoms with van der Waals surface area (Å²) < 4.78 is 16.1. The van der Waals surface area contributed by atoms with Gasteiger partial charge in [0.05, 0.1) is 19.4 Å². The number of methoxy groups -OCH3 is 1. The van der Waals surface area contributed by atoms with Gasteiger partial charge in [0, 0.05) is 26.8 Å². The van der Waals surface area contributed by atoms with Crippen molar-refractivity contribution in [3.63, 3.8) is 0 Å². The van der Waals surface area contributed by atoms with Gasteiger partial charge >= 0.3 is 0 Å². The quantitative estimate of drug-likeness (QED) is 0.219. The Hall–Kier alpha value is -1.58. The molecule has 0 spiro atoms. The Kier molecular flexibility index (Phi) is 12.6. The lowest BCUT2D eigenvalue weighted by molar-refractivity contribution is 0.105. The largest absolute Gasteiger partial charge is 0.467 e. The lowest BCUT2D eigenvalue weighted by atomic mass is 10.1. The van der Waals surface area contributed by atoms with Gasteiger partial charge in [-0.1, -0.05) is 24.3 Å². The van der Waals surface area contributed by atoms with Gasteiger partial charge < -0.3 is 24.5 Å². The first-order valence-electron chi connectivity index (χ1n) is 9.01. The normalized spacial score (nSPS) is 11.1. The highest BCUT2D eigenvalue weighted by Crippen LogP contribution is 2.11. The fraction of sp³-hybridized carbons (Fsp3) is 0.450. The second-order valence-electron chi connectivity index (χ2n) is 5.81. The van der Waals surface area contributed by atoms with E-state index in [0.717, 1.165) is 31.2 Å². The van der Waals surface area contributed by atoms with E-state index in [1.807, 2.05) is 24.3 Å². The summed E-state index contributed by atoms with van der Waals surface area (Å²) >= 11 is 0. The summed E-state index contributed by atoms with van der Waals surface area (Å²) in [4.78, 5) is 4.67. The fourth-order valence-electron chi connectivity index (χ4n) is 2.46. The Morgan fingerprint density at radius 2 is 1.89 bits per heavy atom. The highest BCUT2D eigenvalue weighted by molar-refractivity contribution is 14.0. The van der Waals surface area contributed by atoms with E-state index in [4.69, 9.17) is 13.9 Å². The molecule has 0 saturated carbocycles. The Morgan fingerprint density at radius 3 is 2.59 bits per heavy atom. The number of halogens is 1. The molecule has 0 unspecified atom stereocenters. The zero-order chi connectivity index (χ0) is 18.5. The van der Waals surface area contributed by atoms with Crippen molar-refractivity contribution >= 4 is 29.9 Å². The molecular weight excluding hydrogens is 457 g/mol. The Bertz CT molecular complexity index is 648. The summed E-state index contributed by atoms with van der Waals surface area (Å²) in [6, 6.07) is 12.0. The van der Waals surface area contributed by atoms with Crippen molar-refractivity contribution in [1.82, 2.24) is 10.6 Å².